The second-order valence-corrected chi connectivity index (χ2v) is 4.10. The highest BCUT2D eigenvalue weighted by atomic mass is 32.1. The number of hydrogen-bond donors (Lipinski definition) is 1. The van der Waals surface area contributed by atoms with E-state index in [0.717, 1.165) is 11.5 Å². The quantitative estimate of drug-likeness (QED) is 0.773. The van der Waals surface area contributed by atoms with Gasteiger partial charge in [0.1, 0.15) is 10.7 Å². The average molecular weight is 269 g/mol. The molecule has 8 heteroatoms. The lowest BCUT2D eigenvalue weighted by atomic mass is 10.3. The molecule has 1 heterocycles. The molecule has 0 aromatic carbocycles. The van der Waals surface area contributed by atoms with Crippen LogP contribution in [0.3, 0.4) is 0 Å². The Morgan fingerprint density at radius 3 is 2.82 bits per heavy atom. The van der Waals surface area contributed by atoms with E-state index in [2.05, 4.69) is 14.9 Å². The molecule has 98 valence electrons. The van der Waals surface area contributed by atoms with Crippen molar-refractivity contribution in [2.45, 2.75) is 32.5 Å². The SMILES string of the molecule is CCNc1snnc1COCCCC(F)(F)F. The van der Waals surface area contributed by atoms with Crippen LogP contribution in [0.5, 0.6) is 0 Å². The molecule has 0 saturated heterocycles. The number of nitrogens with one attached hydrogen (secondary N) is 1. The van der Waals surface area contributed by atoms with Gasteiger partial charge in [0.15, 0.2) is 0 Å². The Morgan fingerprint density at radius 2 is 2.18 bits per heavy atom. The van der Waals surface area contributed by atoms with E-state index < -0.39 is 12.6 Å². The van der Waals surface area contributed by atoms with Crippen LogP contribution in [0.25, 0.3) is 0 Å². The van der Waals surface area contributed by atoms with Gasteiger partial charge in [-0.15, -0.1) is 5.10 Å². The first kappa shape index (κ1) is 14.2. The van der Waals surface area contributed by atoms with Crippen molar-refractivity contribution in [2.75, 3.05) is 18.5 Å². The number of ether oxygens (including phenoxy) is 1. The molecule has 0 atom stereocenters. The number of halogens is 3. The van der Waals surface area contributed by atoms with E-state index in [9.17, 15) is 13.2 Å². The lowest BCUT2D eigenvalue weighted by molar-refractivity contribution is -0.138. The summed E-state index contributed by atoms with van der Waals surface area (Å²) < 4.78 is 44.4. The van der Waals surface area contributed by atoms with Crippen molar-refractivity contribution in [1.29, 1.82) is 0 Å². The minimum Gasteiger partial charge on any atom is -0.375 e. The molecule has 0 aliphatic heterocycles. The summed E-state index contributed by atoms with van der Waals surface area (Å²) in [5, 5.41) is 7.70. The lowest BCUT2D eigenvalue weighted by Crippen LogP contribution is -2.09. The van der Waals surface area contributed by atoms with Crippen molar-refractivity contribution in [3.8, 4) is 0 Å². The Kier molecular flexibility index (Phi) is 5.63. The maximum absolute atomic E-state index is 11.8. The molecule has 0 saturated carbocycles. The molecule has 0 bridgehead atoms. The molecule has 0 unspecified atom stereocenters. The largest absolute Gasteiger partial charge is 0.389 e. The Balaban J connectivity index is 2.20. The fourth-order valence-corrected chi connectivity index (χ4v) is 1.78. The molecule has 1 aromatic heterocycles. The van der Waals surface area contributed by atoms with Crippen molar-refractivity contribution < 1.29 is 17.9 Å². The third-order valence-electron chi connectivity index (χ3n) is 1.88. The Morgan fingerprint density at radius 1 is 1.41 bits per heavy atom. The Bertz CT molecular complexity index is 330. The maximum Gasteiger partial charge on any atom is 0.389 e. The normalized spacial score (nSPS) is 11.8. The fourth-order valence-electron chi connectivity index (χ4n) is 1.14. The monoisotopic (exact) mass is 269 g/mol. The first-order chi connectivity index (χ1) is 8.03. The minimum atomic E-state index is -4.11. The van der Waals surface area contributed by atoms with Gasteiger partial charge in [-0.3, -0.25) is 0 Å². The van der Waals surface area contributed by atoms with Gasteiger partial charge in [0.2, 0.25) is 0 Å². The van der Waals surface area contributed by atoms with Crippen LogP contribution in [0, 0.1) is 0 Å². The van der Waals surface area contributed by atoms with E-state index in [0.29, 0.717) is 5.69 Å². The van der Waals surface area contributed by atoms with Crippen LogP contribution in [0.4, 0.5) is 18.2 Å². The van der Waals surface area contributed by atoms with Gasteiger partial charge in [0.25, 0.3) is 0 Å². The van der Waals surface area contributed by atoms with Crippen LogP contribution >= 0.6 is 11.5 Å². The second kappa shape index (κ2) is 6.75. The van der Waals surface area contributed by atoms with Gasteiger partial charge in [0, 0.05) is 31.1 Å². The van der Waals surface area contributed by atoms with Crippen molar-refractivity contribution in [3.63, 3.8) is 0 Å². The summed E-state index contributed by atoms with van der Waals surface area (Å²) in [4.78, 5) is 0. The first-order valence-corrected chi connectivity index (χ1v) is 6.00. The van der Waals surface area contributed by atoms with E-state index in [-0.39, 0.29) is 19.6 Å². The van der Waals surface area contributed by atoms with Crippen molar-refractivity contribution in [2.24, 2.45) is 0 Å². The zero-order valence-electron chi connectivity index (χ0n) is 9.38. The van der Waals surface area contributed by atoms with Gasteiger partial charge >= 0.3 is 6.18 Å². The zero-order chi connectivity index (χ0) is 12.7. The molecule has 1 N–H and O–H groups in total. The highest BCUT2D eigenvalue weighted by Crippen LogP contribution is 2.22. The van der Waals surface area contributed by atoms with Crippen molar-refractivity contribution in [1.82, 2.24) is 9.59 Å². The minimum absolute atomic E-state index is 0.0302. The van der Waals surface area contributed by atoms with Gasteiger partial charge < -0.3 is 10.1 Å². The van der Waals surface area contributed by atoms with E-state index in [4.69, 9.17) is 4.74 Å². The molecule has 0 aliphatic rings. The third kappa shape index (κ3) is 5.83. The number of aromatic nitrogens is 2. The second-order valence-electron chi connectivity index (χ2n) is 3.35. The molecular formula is C9H14F3N3OS. The van der Waals surface area contributed by atoms with E-state index in [1.807, 2.05) is 6.92 Å². The third-order valence-corrected chi connectivity index (χ3v) is 2.61. The molecule has 17 heavy (non-hydrogen) atoms. The summed E-state index contributed by atoms with van der Waals surface area (Å²) >= 11 is 1.21. The smallest absolute Gasteiger partial charge is 0.375 e. The highest BCUT2D eigenvalue weighted by Gasteiger charge is 2.25. The van der Waals surface area contributed by atoms with Gasteiger partial charge in [-0.2, -0.15) is 13.2 Å². The maximum atomic E-state index is 11.8. The van der Waals surface area contributed by atoms with E-state index in [1.54, 1.807) is 0 Å². The van der Waals surface area contributed by atoms with Crippen LogP contribution in [-0.2, 0) is 11.3 Å². The molecule has 1 aromatic rings. The molecule has 4 nitrogen and oxygen atoms in total. The molecule has 0 fully saturated rings. The zero-order valence-corrected chi connectivity index (χ0v) is 10.2. The van der Waals surface area contributed by atoms with Crippen LogP contribution in [0.2, 0.25) is 0 Å². The molecule has 0 spiro atoms. The van der Waals surface area contributed by atoms with Gasteiger partial charge in [-0.05, 0) is 13.3 Å². The number of hydrogen-bond acceptors (Lipinski definition) is 5. The number of rotatable bonds is 7. The van der Waals surface area contributed by atoms with Crippen LogP contribution in [0.15, 0.2) is 0 Å². The summed E-state index contributed by atoms with van der Waals surface area (Å²) in [6.07, 6.45) is -4.96. The van der Waals surface area contributed by atoms with Crippen LogP contribution in [0.1, 0.15) is 25.5 Å². The Labute approximate surface area is 101 Å². The highest BCUT2D eigenvalue weighted by molar-refractivity contribution is 7.10. The van der Waals surface area contributed by atoms with Gasteiger partial charge in [-0.1, -0.05) is 4.49 Å². The van der Waals surface area contributed by atoms with Crippen molar-refractivity contribution >= 4 is 16.5 Å². The number of anilines is 1. The molecule has 1 rings (SSSR count). The number of nitrogens with zero attached hydrogens (tertiary/aromatic N) is 2. The Hall–Kier alpha value is -0.890. The molecule has 0 amide bonds. The molecule has 0 radical (unpaired) electrons. The van der Waals surface area contributed by atoms with Crippen LogP contribution in [-0.4, -0.2) is 28.9 Å². The predicted molar refractivity (Wildman–Crippen MR) is 59.0 cm³/mol. The predicted octanol–water partition coefficient (Wildman–Crippen LogP) is 2.83. The fraction of sp³-hybridized carbons (Fsp3) is 0.778. The lowest BCUT2D eigenvalue weighted by Gasteiger charge is -2.06. The van der Waals surface area contributed by atoms with Gasteiger partial charge in [0.05, 0.1) is 6.61 Å². The topological polar surface area (TPSA) is 47.0 Å². The summed E-state index contributed by atoms with van der Waals surface area (Å²) in [7, 11) is 0. The summed E-state index contributed by atoms with van der Waals surface area (Å²) in [5.41, 5.74) is 0.642. The standard InChI is InChI=1S/C9H14F3N3OS/c1-2-13-8-7(14-15-17-8)6-16-5-3-4-9(10,11)12/h13H,2-6H2,1H3. The first-order valence-electron chi connectivity index (χ1n) is 5.22. The summed E-state index contributed by atoms with van der Waals surface area (Å²) in [5.74, 6) is 0. The van der Waals surface area contributed by atoms with E-state index in [1.165, 1.54) is 11.5 Å². The summed E-state index contributed by atoms with van der Waals surface area (Å²) in [6, 6.07) is 0. The van der Waals surface area contributed by atoms with Gasteiger partial charge in [-0.25, -0.2) is 0 Å². The summed E-state index contributed by atoms with van der Waals surface area (Å²) in [6.45, 7) is 2.94. The van der Waals surface area contributed by atoms with Crippen LogP contribution < -0.4 is 5.32 Å². The average Bonchev–Trinajstić information content (AvgIpc) is 2.64. The number of alkyl halides is 3. The molecule has 0 aliphatic carbocycles. The van der Waals surface area contributed by atoms with Crippen molar-refractivity contribution in [3.05, 3.63) is 5.69 Å². The molecular weight excluding hydrogens is 255 g/mol. The van der Waals surface area contributed by atoms with E-state index >= 15 is 0 Å².